The molecule has 1 aliphatic heterocycles. The van der Waals surface area contributed by atoms with Gasteiger partial charge in [-0.25, -0.2) is 0 Å². The lowest BCUT2D eigenvalue weighted by Crippen LogP contribution is -2.31. The fraction of sp³-hybridized carbons (Fsp3) is 0.350. The van der Waals surface area contributed by atoms with E-state index in [1.165, 1.54) is 0 Å². The Morgan fingerprint density at radius 1 is 1.16 bits per heavy atom. The smallest absolute Gasteiger partial charge is 0.230 e. The Bertz CT molecular complexity index is 732. The molecule has 132 valence electrons. The summed E-state index contributed by atoms with van der Waals surface area (Å²) >= 11 is 0. The average molecular weight is 359 g/mol. The number of hydrogen-bond acceptors (Lipinski definition) is 3. The lowest BCUT2D eigenvalue weighted by atomic mass is 10.1. The van der Waals surface area contributed by atoms with Crippen LogP contribution < -0.4 is 15.0 Å². The average Bonchev–Trinajstić information content (AvgIpc) is 3.46. The molecule has 1 heterocycles. The molecule has 4 rings (SSSR count). The molecular weight excluding hydrogens is 336 g/mol. The molecule has 0 unspecified atom stereocenters. The van der Waals surface area contributed by atoms with Crippen LogP contribution in [0.15, 0.2) is 48.5 Å². The lowest BCUT2D eigenvalue weighted by molar-refractivity contribution is -0.119. The van der Waals surface area contributed by atoms with Crippen molar-refractivity contribution in [1.82, 2.24) is 5.32 Å². The minimum atomic E-state index is 0. The van der Waals surface area contributed by atoms with Crippen molar-refractivity contribution in [2.24, 2.45) is 5.92 Å². The molecule has 1 saturated carbocycles. The lowest BCUT2D eigenvalue weighted by Gasteiger charge is -2.23. The van der Waals surface area contributed by atoms with Gasteiger partial charge in [0.05, 0.1) is 6.54 Å². The number of ether oxygens (including phenoxy) is 1. The van der Waals surface area contributed by atoms with E-state index in [-0.39, 0.29) is 24.2 Å². The molecule has 2 aromatic carbocycles. The number of carbonyl (C=O) groups is 1. The first-order valence-corrected chi connectivity index (χ1v) is 8.63. The maximum absolute atomic E-state index is 12.7. The van der Waals surface area contributed by atoms with E-state index in [9.17, 15) is 4.79 Å². The number of fused-ring (bicyclic) bond motifs is 1. The summed E-state index contributed by atoms with van der Waals surface area (Å²) in [6, 6.07) is 16.2. The highest BCUT2D eigenvalue weighted by atomic mass is 35.5. The molecule has 1 aliphatic carbocycles. The predicted octanol–water partition coefficient (Wildman–Crippen LogP) is 3.53. The third-order valence-corrected chi connectivity index (χ3v) is 4.58. The summed E-state index contributed by atoms with van der Waals surface area (Å²) in [7, 11) is 0. The molecule has 4 nitrogen and oxygen atoms in total. The highest BCUT2D eigenvalue weighted by molar-refractivity contribution is 5.96. The summed E-state index contributed by atoms with van der Waals surface area (Å²) in [5, 5.41) is 3.36. The predicted molar refractivity (Wildman–Crippen MR) is 101 cm³/mol. The number of halogens is 1. The molecule has 0 bridgehead atoms. The van der Waals surface area contributed by atoms with Gasteiger partial charge in [-0.05, 0) is 42.7 Å². The standard InChI is InChI=1S/C20H22N2O2.ClH/c23-20(16-7-8-16)22(18-4-2-1-3-5-18)14-15-6-9-19-17(12-15)13-21-10-11-24-19;/h1-6,9,12,16,21H,7-8,10-11,13-14H2;1H. The number of para-hydroxylation sites is 1. The second-order valence-electron chi connectivity index (χ2n) is 6.50. The molecule has 2 aliphatic rings. The molecule has 0 saturated heterocycles. The topological polar surface area (TPSA) is 41.6 Å². The van der Waals surface area contributed by atoms with Crippen LogP contribution in [0.5, 0.6) is 5.75 Å². The third-order valence-electron chi connectivity index (χ3n) is 4.58. The highest BCUT2D eigenvalue weighted by Crippen LogP contribution is 2.34. The van der Waals surface area contributed by atoms with Crippen LogP contribution in [0.2, 0.25) is 0 Å². The Morgan fingerprint density at radius 2 is 1.96 bits per heavy atom. The van der Waals surface area contributed by atoms with E-state index in [1.54, 1.807) is 0 Å². The van der Waals surface area contributed by atoms with Gasteiger partial charge in [0, 0.05) is 30.3 Å². The molecule has 0 aromatic heterocycles. The Balaban J connectivity index is 0.00000182. The van der Waals surface area contributed by atoms with Gasteiger partial charge in [-0.3, -0.25) is 4.79 Å². The van der Waals surface area contributed by atoms with Crippen LogP contribution in [0.4, 0.5) is 5.69 Å². The number of rotatable bonds is 4. The van der Waals surface area contributed by atoms with Crippen LogP contribution in [-0.2, 0) is 17.9 Å². The normalized spacial score (nSPS) is 16.0. The first-order valence-electron chi connectivity index (χ1n) is 8.63. The van der Waals surface area contributed by atoms with Crippen molar-refractivity contribution < 1.29 is 9.53 Å². The number of nitrogens with one attached hydrogen (secondary N) is 1. The van der Waals surface area contributed by atoms with Gasteiger partial charge in [-0.1, -0.05) is 24.3 Å². The largest absolute Gasteiger partial charge is 0.492 e. The van der Waals surface area contributed by atoms with Crippen LogP contribution in [0.3, 0.4) is 0 Å². The van der Waals surface area contributed by atoms with E-state index >= 15 is 0 Å². The van der Waals surface area contributed by atoms with Crippen molar-refractivity contribution in [3.05, 3.63) is 59.7 Å². The molecule has 0 radical (unpaired) electrons. The molecule has 2 aromatic rings. The van der Waals surface area contributed by atoms with E-state index in [0.717, 1.165) is 48.5 Å². The van der Waals surface area contributed by atoms with Gasteiger partial charge in [0.1, 0.15) is 12.4 Å². The molecule has 5 heteroatoms. The van der Waals surface area contributed by atoms with Crippen LogP contribution in [-0.4, -0.2) is 19.1 Å². The fourth-order valence-electron chi connectivity index (χ4n) is 3.10. The van der Waals surface area contributed by atoms with Crippen LogP contribution in [0.25, 0.3) is 0 Å². The van der Waals surface area contributed by atoms with Gasteiger partial charge in [0.15, 0.2) is 0 Å². The zero-order valence-electron chi connectivity index (χ0n) is 14.1. The van der Waals surface area contributed by atoms with Crippen molar-refractivity contribution >= 4 is 24.0 Å². The number of carbonyl (C=O) groups excluding carboxylic acids is 1. The molecule has 0 atom stereocenters. The van der Waals surface area contributed by atoms with Crippen LogP contribution in [0.1, 0.15) is 24.0 Å². The van der Waals surface area contributed by atoms with Crippen molar-refractivity contribution in [1.29, 1.82) is 0 Å². The molecule has 1 amide bonds. The molecule has 1 fully saturated rings. The quantitative estimate of drug-likeness (QED) is 0.909. The molecular formula is C20H23ClN2O2. The summed E-state index contributed by atoms with van der Waals surface area (Å²) in [5.74, 6) is 1.39. The van der Waals surface area contributed by atoms with Gasteiger partial charge < -0.3 is 15.0 Å². The number of amides is 1. The first-order chi connectivity index (χ1) is 11.8. The summed E-state index contributed by atoms with van der Waals surface area (Å²) in [6.07, 6.45) is 2.04. The van der Waals surface area contributed by atoms with Gasteiger partial charge in [0.25, 0.3) is 0 Å². The second kappa shape index (κ2) is 7.89. The monoisotopic (exact) mass is 358 g/mol. The number of hydrogen-bond donors (Lipinski definition) is 1. The first kappa shape index (κ1) is 17.8. The van der Waals surface area contributed by atoms with Gasteiger partial charge in [0.2, 0.25) is 5.91 Å². The maximum Gasteiger partial charge on any atom is 0.230 e. The summed E-state index contributed by atoms with van der Waals surface area (Å²) in [5.41, 5.74) is 3.27. The molecule has 25 heavy (non-hydrogen) atoms. The van der Waals surface area contributed by atoms with Gasteiger partial charge in [-0.2, -0.15) is 0 Å². The minimum absolute atomic E-state index is 0. The molecule has 0 spiro atoms. The van der Waals surface area contributed by atoms with E-state index in [1.807, 2.05) is 41.3 Å². The van der Waals surface area contributed by atoms with Crippen LogP contribution in [0, 0.1) is 5.92 Å². The fourth-order valence-corrected chi connectivity index (χ4v) is 3.10. The van der Waals surface area contributed by atoms with E-state index in [4.69, 9.17) is 4.74 Å². The molecule has 1 N–H and O–H groups in total. The second-order valence-corrected chi connectivity index (χ2v) is 6.50. The number of anilines is 1. The van der Waals surface area contributed by atoms with Gasteiger partial charge >= 0.3 is 0 Å². The van der Waals surface area contributed by atoms with E-state index < -0.39 is 0 Å². The maximum atomic E-state index is 12.7. The van der Waals surface area contributed by atoms with Crippen molar-refractivity contribution in [3.8, 4) is 5.75 Å². The zero-order chi connectivity index (χ0) is 16.4. The third kappa shape index (κ3) is 4.14. The Hall–Kier alpha value is -2.04. The van der Waals surface area contributed by atoms with Crippen LogP contribution >= 0.6 is 12.4 Å². The Kier molecular flexibility index (Phi) is 5.61. The van der Waals surface area contributed by atoms with Crippen molar-refractivity contribution in [2.45, 2.75) is 25.9 Å². The number of nitrogens with zero attached hydrogens (tertiary/aromatic N) is 1. The Morgan fingerprint density at radius 3 is 2.72 bits per heavy atom. The highest BCUT2D eigenvalue weighted by Gasteiger charge is 2.34. The van der Waals surface area contributed by atoms with Crippen molar-refractivity contribution in [2.75, 3.05) is 18.1 Å². The van der Waals surface area contributed by atoms with E-state index in [0.29, 0.717) is 13.2 Å². The Labute approximate surface area is 154 Å². The summed E-state index contributed by atoms with van der Waals surface area (Å²) in [4.78, 5) is 14.7. The van der Waals surface area contributed by atoms with Gasteiger partial charge in [-0.15, -0.1) is 12.4 Å². The number of benzene rings is 2. The SMILES string of the molecule is Cl.O=C(C1CC1)N(Cc1ccc2c(c1)CNCCO2)c1ccccc1. The van der Waals surface area contributed by atoms with E-state index in [2.05, 4.69) is 17.4 Å². The summed E-state index contributed by atoms with van der Waals surface area (Å²) < 4.78 is 5.75. The summed E-state index contributed by atoms with van der Waals surface area (Å²) in [6.45, 7) is 2.97. The minimum Gasteiger partial charge on any atom is -0.492 e. The zero-order valence-corrected chi connectivity index (χ0v) is 14.9. The van der Waals surface area contributed by atoms with Crippen molar-refractivity contribution in [3.63, 3.8) is 0 Å².